The van der Waals surface area contributed by atoms with E-state index < -0.39 is 18.5 Å². The average Bonchev–Trinajstić information content (AvgIpc) is 3.06. The molecule has 0 aromatic heterocycles. The molecular formula is C27H42O4. The minimum Gasteiger partial charge on any atom is -0.393 e. The molecule has 4 nitrogen and oxygen atoms in total. The van der Waals surface area contributed by atoms with E-state index in [-0.39, 0.29) is 5.41 Å². The summed E-state index contributed by atoms with van der Waals surface area (Å²) in [7, 11) is 0. The van der Waals surface area contributed by atoms with E-state index in [2.05, 4.69) is 39.5 Å². The summed E-state index contributed by atoms with van der Waals surface area (Å²) >= 11 is 0. The molecule has 0 aromatic rings. The van der Waals surface area contributed by atoms with Crippen molar-refractivity contribution in [3.8, 4) is 0 Å². The summed E-state index contributed by atoms with van der Waals surface area (Å²) in [6, 6.07) is 0. The lowest BCUT2D eigenvalue weighted by Gasteiger charge is -2.40. The van der Waals surface area contributed by atoms with Crippen LogP contribution in [0.15, 0.2) is 46.6 Å². The summed E-state index contributed by atoms with van der Waals surface area (Å²) in [5.74, 6) is 1.04. The molecule has 2 unspecified atom stereocenters. The van der Waals surface area contributed by atoms with Crippen molar-refractivity contribution in [1.29, 1.82) is 0 Å². The maximum Gasteiger partial charge on any atom is 0.177 e. The molecule has 5 atom stereocenters. The van der Waals surface area contributed by atoms with E-state index in [1.807, 2.05) is 6.92 Å². The molecule has 3 saturated carbocycles. The highest BCUT2D eigenvalue weighted by atomic mass is 16.6. The first-order valence-corrected chi connectivity index (χ1v) is 12.1. The minimum atomic E-state index is -0.811. The van der Waals surface area contributed by atoms with E-state index >= 15 is 0 Å². The average molecular weight is 431 g/mol. The van der Waals surface area contributed by atoms with Crippen LogP contribution in [0.4, 0.5) is 0 Å². The Balaban J connectivity index is 1.78. The normalized spacial score (nSPS) is 36.9. The molecule has 0 aromatic carbocycles. The van der Waals surface area contributed by atoms with Crippen LogP contribution in [0.3, 0.4) is 0 Å². The third kappa shape index (κ3) is 5.42. The van der Waals surface area contributed by atoms with Crippen molar-refractivity contribution in [2.45, 2.75) is 97.6 Å². The van der Waals surface area contributed by atoms with Crippen molar-refractivity contribution in [2.75, 3.05) is 6.61 Å². The van der Waals surface area contributed by atoms with Crippen molar-refractivity contribution < 1.29 is 20.1 Å². The van der Waals surface area contributed by atoms with Gasteiger partial charge in [-0.3, -0.25) is 0 Å². The number of allylic oxidation sites excluding steroid dienone is 4. The summed E-state index contributed by atoms with van der Waals surface area (Å²) in [5, 5.41) is 30.8. The van der Waals surface area contributed by atoms with E-state index in [4.69, 9.17) is 4.74 Å². The van der Waals surface area contributed by atoms with Gasteiger partial charge >= 0.3 is 0 Å². The highest BCUT2D eigenvalue weighted by Gasteiger charge is 2.47. The van der Waals surface area contributed by atoms with E-state index in [0.29, 0.717) is 31.3 Å². The molecule has 3 aliphatic rings. The summed E-state index contributed by atoms with van der Waals surface area (Å²) in [6.07, 6.45) is 9.71. The third-order valence-corrected chi connectivity index (χ3v) is 7.83. The second-order valence-electron chi connectivity index (χ2n) is 10.5. The minimum absolute atomic E-state index is 0.0671. The molecule has 31 heavy (non-hydrogen) atoms. The zero-order chi connectivity index (χ0) is 22.8. The molecule has 3 N–H and O–H groups in total. The van der Waals surface area contributed by atoms with Crippen molar-refractivity contribution in [2.24, 2.45) is 17.3 Å². The zero-order valence-electron chi connectivity index (χ0n) is 19.9. The van der Waals surface area contributed by atoms with E-state index in [9.17, 15) is 15.3 Å². The highest BCUT2D eigenvalue weighted by molar-refractivity contribution is 5.40. The van der Waals surface area contributed by atoms with Crippen molar-refractivity contribution in [1.82, 2.24) is 0 Å². The third-order valence-electron chi connectivity index (χ3n) is 7.83. The van der Waals surface area contributed by atoms with Crippen LogP contribution in [0, 0.1) is 17.3 Å². The Labute approximate surface area is 188 Å². The number of aliphatic hydroxyl groups excluding tert-OH is 3. The van der Waals surface area contributed by atoms with Gasteiger partial charge in [0.25, 0.3) is 0 Å². The molecule has 174 valence electrons. The molecule has 0 radical (unpaired) electrons. The largest absolute Gasteiger partial charge is 0.393 e. The van der Waals surface area contributed by atoms with E-state index in [0.717, 1.165) is 55.2 Å². The van der Waals surface area contributed by atoms with Gasteiger partial charge in [-0.25, -0.2) is 0 Å². The predicted octanol–water partition coefficient (Wildman–Crippen LogP) is 5.21. The van der Waals surface area contributed by atoms with Crippen molar-refractivity contribution in [3.63, 3.8) is 0 Å². The Morgan fingerprint density at radius 3 is 2.71 bits per heavy atom. The fraction of sp³-hybridized carbons (Fsp3) is 0.704. The summed E-state index contributed by atoms with van der Waals surface area (Å²) in [5.41, 5.74) is 5.59. The van der Waals surface area contributed by atoms with Crippen LogP contribution in [0.5, 0.6) is 0 Å². The fourth-order valence-corrected chi connectivity index (χ4v) is 5.86. The molecule has 0 bridgehead atoms. The Morgan fingerprint density at radius 2 is 2.00 bits per heavy atom. The van der Waals surface area contributed by atoms with Crippen LogP contribution in [0.1, 0.15) is 79.1 Å². The molecule has 3 fully saturated rings. The Morgan fingerprint density at radius 1 is 1.26 bits per heavy atom. The topological polar surface area (TPSA) is 69.9 Å². The number of ether oxygens (including phenoxy) is 1. The standard InChI is InChI=1S/C27H42O4/c1-17(2)12-14-31-26(30)19(4)23-10-11-24-20(7-6-13-27(23,24)5)8-9-21-15-22(28)16-25(29)18(21)3/h8-9,17,22,24-26,28-30H,3,6-7,10-16H2,1-2,4-5H3/b20-8+,21-9-,23-19-/t22-,24?,25+,26?,27-/m1/s1. The molecule has 0 aliphatic heterocycles. The Hall–Kier alpha value is -1.20. The summed E-state index contributed by atoms with van der Waals surface area (Å²) in [6.45, 7) is 13.4. The van der Waals surface area contributed by atoms with Gasteiger partial charge in [0.2, 0.25) is 0 Å². The maximum atomic E-state index is 10.7. The number of aliphatic hydroxyl groups is 3. The Kier molecular flexibility index (Phi) is 8.01. The van der Waals surface area contributed by atoms with Crippen LogP contribution in [-0.2, 0) is 4.74 Å². The van der Waals surface area contributed by atoms with Crippen molar-refractivity contribution >= 4 is 0 Å². The zero-order valence-corrected chi connectivity index (χ0v) is 19.9. The Bertz CT molecular complexity index is 759. The first-order valence-electron chi connectivity index (χ1n) is 12.1. The van der Waals surface area contributed by atoms with Crippen LogP contribution in [0.2, 0.25) is 0 Å². The first kappa shape index (κ1) is 24.4. The van der Waals surface area contributed by atoms with Crippen LogP contribution >= 0.6 is 0 Å². The van der Waals surface area contributed by atoms with Gasteiger partial charge in [-0.15, -0.1) is 0 Å². The van der Waals surface area contributed by atoms with Gasteiger partial charge in [0, 0.05) is 6.42 Å². The summed E-state index contributed by atoms with van der Waals surface area (Å²) < 4.78 is 5.75. The van der Waals surface area contributed by atoms with E-state index in [1.165, 1.54) is 11.1 Å². The fourth-order valence-electron chi connectivity index (χ4n) is 5.86. The molecule has 3 aliphatic carbocycles. The molecular weight excluding hydrogens is 388 g/mol. The van der Waals surface area contributed by atoms with Gasteiger partial charge < -0.3 is 20.1 Å². The molecule has 0 heterocycles. The molecule has 0 amide bonds. The van der Waals surface area contributed by atoms with E-state index in [1.54, 1.807) is 0 Å². The quantitative estimate of drug-likeness (QED) is 0.400. The molecule has 0 spiro atoms. The lowest BCUT2D eigenvalue weighted by molar-refractivity contribution is -0.0762. The van der Waals surface area contributed by atoms with Gasteiger partial charge in [0.1, 0.15) is 0 Å². The first-order chi connectivity index (χ1) is 14.6. The van der Waals surface area contributed by atoms with Crippen LogP contribution in [-0.4, -0.2) is 40.4 Å². The van der Waals surface area contributed by atoms with Gasteiger partial charge in [0.05, 0.1) is 18.8 Å². The second kappa shape index (κ2) is 10.2. The number of rotatable bonds is 6. The number of fused-ring (bicyclic) bond motifs is 1. The SMILES string of the molecule is C=C1/C(=C\C=C2/CCC[C@]3(C)/C(=C(/C)C(O)OCCC(C)C)CCC23)C[C@@H](O)C[C@@H]1O. The lowest BCUT2D eigenvalue weighted by Crippen LogP contribution is -2.31. The monoisotopic (exact) mass is 430 g/mol. The highest BCUT2D eigenvalue weighted by Crippen LogP contribution is 2.58. The molecule has 3 rings (SSSR count). The number of hydrogen-bond acceptors (Lipinski definition) is 4. The van der Waals surface area contributed by atoms with Crippen LogP contribution < -0.4 is 0 Å². The second-order valence-corrected chi connectivity index (χ2v) is 10.5. The summed E-state index contributed by atoms with van der Waals surface area (Å²) in [4.78, 5) is 0. The van der Waals surface area contributed by atoms with Gasteiger partial charge in [-0.05, 0) is 85.8 Å². The van der Waals surface area contributed by atoms with Crippen molar-refractivity contribution in [3.05, 3.63) is 46.6 Å². The lowest BCUT2D eigenvalue weighted by atomic mass is 9.64. The van der Waals surface area contributed by atoms with Crippen LogP contribution in [0.25, 0.3) is 0 Å². The van der Waals surface area contributed by atoms with Gasteiger partial charge in [-0.1, -0.05) is 50.6 Å². The smallest absolute Gasteiger partial charge is 0.177 e. The molecule has 4 heteroatoms. The maximum absolute atomic E-state index is 10.7. The van der Waals surface area contributed by atoms with Gasteiger partial charge in [-0.2, -0.15) is 0 Å². The predicted molar refractivity (Wildman–Crippen MR) is 125 cm³/mol. The van der Waals surface area contributed by atoms with Gasteiger partial charge in [0.15, 0.2) is 6.29 Å². The molecule has 0 saturated heterocycles. The number of hydrogen-bond donors (Lipinski definition) is 3.